The molecule has 206 valence electrons. The lowest BCUT2D eigenvalue weighted by atomic mass is 9.85. The Morgan fingerprint density at radius 1 is 1.03 bits per heavy atom. The van der Waals surface area contributed by atoms with Crippen molar-refractivity contribution in [3.8, 4) is 0 Å². The van der Waals surface area contributed by atoms with Crippen LogP contribution in [0.5, 0.6) is 0 Å². The van der Waals surface area contributed by atoms with E-state index < -0.39 is 52.8 Å². The molecule has 3 unspecified atom stereocenters. The van der Waals surface area contributed by atoms with E-state index in [1.165, 1.54) is 11.0 Å². The summed E-state index contributed by atoms with van der Waals surface area (Å²) in [7, 11) is 0. The van der Waals surface area contributed by atoms with E-state index in [9.17, 15) is 24.0 Å². The molecule has 10 heteroatoms. The minimum atomic E-state index is -1.05. The molecule has 4 amide bonds. The van der Waals surface area contributed by atoms with E-state index in [1.54, 1.807) is 26.8 Å². The van der Waals surface area contributed by atoms with Gasteiger partial charge in [-0.25, -0.2) is 4.79 Å². The third-order valence-corrected chi connectivity index (χ3v) is 6.40. The fourth-order valence-corrected chi connectivity index (χ4v) is 4.49. The zero-order chi connectivity index (χ0) is 28.1. The molecule has 1 aliphatic heterocycles. The molecule has 0 aromatic carbocycles. The molecule has 1 heterocycles. The second-order valence-corrected chi connectivity index (χ2v) is 11.8. The van der Waals surface area contributed by atoms with Gasteiger partial charge in [0.15, 0.2) is 0 Å². The number of hydrogen-bond donors (Lipinski definition) is 3. The van der Waals surface area contributed by atoms with Gasteiger partial charge in [-0.1, -0.05) is 32.9 Å². The van der Waals surface area contributed by atoms with Crippen molar-refractivity contribution >= 4 is 29.6 Å². The Morgan fingerprint density at radius 2 is 1.68 bits per heavy atom. The van der Waals surface area contributed by atoms with Crippen molar-refractivity contribution in [1.29, 1.82) is 0 Å². The lowest BCUT2D eigenvalue weighted by Gasteiger charge is -2.37. The van der Waals surface area contributed by atoms with Crippen molar-refractivity contribution in [2.75, 3.05) is 13.1 Å². The number of carbonyl (C=O) groups is 5. The molecular weight excluding hydrogens is 476 g/mol. The number of nitrogens with one attached hydrogen (secondary N) is 3. The minimum absolute atomic E-state index is 0.0316. The van der Waals surface area contributed by atoms with E-state index in [4.69, 9.17) is 4.74 Å². The molecule has 2 rings (SSSR count). The number of likely N-dealkylation sites (tertiary alicyclic amines) is 1. The van der Waals surface area contributed by atoms with Gasteiger partial charge in [0, 0.05) is 13.1 Å². The number of allylic oxidation sites excluding steroid dienone is 1. The SMILES string of the molecule is C=CCC[C@H](NC(=O)C1C2CC2CN1C(=O)[C@@H](NC(=O)OC(C)(C)C)C(C)(C)C)C(=O)C(=O)NCC=C. The lowest BCUT2D eigenvalue weighted by Crippen LogP contribution is -2.60. The summed E-state index contributed by atoms with van der Waals surface area (Å²) in [5.74, 6) is -2.30. The topological polar surface area (TPSA) is 134 Å². The molecule has 1 saturated heterocycles. The van der Waals surface area contributed by atoms with Gasteiger partial charge in [0.1, 0.15) is 17.7 Å². The smallest absolute Gasteiger partial charge is 0.408 e. The predicted molar refractivity (Wildman–Crippen MR) is 139 cm³/mol. The first-order chi connectivity index (χ1) is 17.1. The maximum atomic E-state index is 13.7. The second kappa shape index (κ2) is 11.9. The number of ketones is 1. The van der Waals surface area contributed by atoms with Crippen LogP contribution >= 0.6 is 0 Å². The van der Waals surface area contributed by atoms with Crippen LogP contribution in [-0.4, -0.2) is 71.3 Å². The normalized spacial score (nSPS) is 22.1. The molecule has 3 N–H and O–H groups in total. The van der Waals surface area contributed by atoms with E-state index in [-0.39, 0.29) is 30.7 Å². The number of amides is 4. The summed E-state index contributed by atoms with van der Waals surface area (Å²) in [5, 5.41) is 7.85. The van der Waals surface area contributed by atoms with Crippen LogP contribution < -0.4 is 16.0 Å². The van der Waals surface area contributed by atoms with Crippen molar-refractivity contribution in [2.45, 2.75) is 84.5 Å². The highest BCUT2D eigenvalue weighted by Gasteiger charge is 2.58. The number of fused-ring (bicyclic) bond motifs is 1. The summed E-state index contributed by atoms with van der Waals surface area (Å²) in [6.07, 6.45) is 3.76. The Hall–Kier alpha value is -3.17. The average molecular weight is 519 g/mol. The molecule has 37 heavy (non-hydrogen) atoms. The monoisotopic (exact) mass is 518 g/mol. The lowest BCUT2D eigenvalue weighted by molar-refractivity contribution is -0.144. The summed E-state index contributed by atoms with van der Waals surface area (Å²) >= 11 is 0. The Bertz CT molecular complexity index is 932. The number of piperidine rings is 1. The highest BCUT2D eigenvalue weighted by atomic mass is 16.6. The molecule has 0 spiro atoms. The third kappa shape index (κ3) is 8.16. The molecule has 5 atom stereocenters. The van der Waals surface area contributed by atoms with Gasteiger partial charge < -0.3 is 25.6 Å². The van der Waals surface area contributed by atoms with Crippen LogP contribution in [-0.2, 0) is 23.9 Å². The van der Waals surface area contributed by atoms with Crippen molar-refractivity contribution < 1.29 is 28.7 Å². The Balaban J connectivity index is 2.22. The molecular formula is C27H42N4O6. The molecule has 1 aliphatic carbocycles. The third-order valence-electron chi connectivity index (χ3n) is 6.40. The fraction of sp³-hybridized carbons (Fsp3) is 0.667. The summed E-state index contributed by atoms with van der Waals surface area (Å²) in [4.78, 5) is 66.2. The van der Waals surface area contributed by atoms with Gasteiger partial charge in [0.05, 0.1) is 6.04 Å². The van der Waals surface area contributed by atoms with E-state index in [0.29, 0.717) is 13.0 Å². The number of alkyl carbamates (subject to hydrolysis) is 1. The quantitative estimate of drug-likeness (QED) is 0.283. The predicted octanol–water partition coefficient (Wildman–Crippen LogP) is 2.10. The molecule has 0 aromatic rings. The van der Waals surface area contributed by atoms with Crippen LogP contribution in [0.4, 0.5) is 4.79 Å². The van der Waals surface area contributed by atoms with E-state index in [0.717, 1.165) is 6.42 Å². The summed E-state index contributed by atoms with van der Waals surface area (Å²) < 4.78 is 5.36. The van der Waals surface area contributed by atoms with Crippen molar-refractivity contribution in [3.05, 3.63) is 25.3 Å². The molecule has 0 bridgehead atoms. The fourth-order valence-electron chi connectivity index (χ4n) is 4.49. The summed E-state index contributed by atoms with van der Waals surface area (Å²) in [5.41, 5.74) is -1.40. The first-order valence-electron chi connectivity index (χ1n) is 12.7. The standard InChI is InChI=1S/C27H42N4O6/c1-9-11-12-18(20(32)23(34)28-13-10-2)29-22(33)19-17-14-16(17)15-31(19)24(35)21(26(3,4)5)30-25(36)37-27(6,7)8/h9-10,16-19,21H,1-2,11-15H2,3-8H3,(H,28,34)(H,29,33)(H,30,36)/t16?,17?,18-,19?,21+/m0/s1. The number of nitrogens with zero attached hydrogens (tertiary/aromatic N) is 1. The maximum Gasteiger partial charge on any atom is 0.408 e. The van der Waals surface area contributed by atoms with Gasteiger partial charge in [-0.3, -0.25) is 19.2 Å². The Kier molecular flexibility index (Phi) is 9.68. The average Bonchev–Trinajstić information content (AvgIpc) is 3.44. The van der Waals surface area contributed by atoms with Gasteiger partial charge in [0.2, 0.25) is 17.6 Å². The highest BCUT2D eigenvalue weighted by molar-refractivity contribution is 6.38. The van der Waals surface area contributed by atoms with Crippen molar-refractivity contribution in [1.82, 2.24) is 20.9 Å². The number of Topliss-reactive ketones (excluding diaryl/α,β-unsaturated/α-hetero) is 1. The summed E-state index contributed by atoms with van der Waals surface area (Å²) in [6, 6.07) is -2.78. The van der Waals surface area contributed by atoms with Gasteiger partial charge in [-0.2, -0.15) is 0 Å². The number of carbonyl (C=O) groups excluding carboxylic acids is 5. The Labute approximate surface area is 219 Å². The van der Waals surface area contributed by atoms with Gasteiger partial charge >= 0.3 is 6.09 Å². The number of rotatable bonds is 11. The van der Waals surface area contributed by atoms with Crippen LogP contribution in [0, 0.1) is 17.3 Å². The van der Waals surface area contributed by atoms with E-state index in [2.05, 4.69) is 29.1 Å². The molecule has 10 nitrogen and oxygen atoms in total. The largest absolute Gasteiger partial charge is 0.444 e. The van der Waals surface area contributed by atoms with Crippen molar-refractivity contribution in [2.24, 2.45) is 17.3 Å². The zero-order valence-electron chi connectivity index (χ0n) is 22.9. The van der Waals surface area contributed by atoms with Crippen LogP contribution in [0.1, 0.15) is 60.8 Å². The van der Waals surface area contributed by atoms with Crippen LogP contribution in [0.2, 0.25) is 0 Å². The molecule has 0 radical (unpaired) electrons. The minimum Gasteiger partial charge on any atom is -0.444 e. The number of hydrogen-bond acceptors (Lipinski definition) is 6. The first kappa shape index (κ1) is 30.1. The van der Waals surface area contributed by atoms with Crippen LogP contribution in [0.3, 0.4) is 0 Å². The maximum absolute atomic E-state index is 13.7. The molecule has 1 saturated carbocycles. The number of ether oxygens (including phenoxy) is 1. The van der Waals surface area contributed by atoms with Crippen LogP contribution in [0.25, 0.3) is 0 Å². The molecule has 2 fully saturated rings. The zero-order valence-corrected chi connectivity index (χ0v) is 22.9. The van der Waals surface area contributed by atoms with Gasteiger partial charge in [-0.15, -0.1) is 13.2 Å². The second-order valence-electron chi connectivity index (χ2n) is 11.8. The van der Waals surface area contributed by atoms with E-state index >= 15 is 0 Å². The highest BCUT2D eigenvalue weighted by Crippen LogP contribution is 2.50. The van der Waals surface area contributed by atoms with E-state index in [1.807, 2.05) is 20.8 Å². The van der Waals surface area contributed by atoms with Crippen molar-refractivity contribution in [3.63, 3.8) is 0 Å². The molecule has 2 aliphatic rings. The van der Waals surface area contributed by atoms with Gasteiger partial charge in [-0.05, 0) is 57.3 Å². The Morgan fingerprint density at radius 3 is 2.22 bits per heavy atom. The summed E-state index contributed by atoms with van der Waals surface area (Å²) in [6.45, 7) is 18.3. The first-order valence-corrected chi connectivity index (χ1v) is 12.7. The van der Waals surface area contributed by atoms with Crippen LogP contribution in [0.15, 0.2) is 25.3 Å². The van der Waals surface area contributed by atoms with Gasteiger partial charge in [0.25, 0.3) is 5.91 Å². The molecule has 0 aromatic heterocycles.